The lowest BCUT2D eigenvalue weighted by Crippen LogP contribution is -2.40. The highest BCUT2D eigenvalue weighted by atomic mass is 32.2. The summed E-state index contributed by atoms with van der Waals surface area (Å²) in [6, 6.07) is 0.977. The van der Waals surface area contributed by atoms with Crippen LogP contribution in [0.4, 0.5) is 0 Å². The topological polar surface area (TPSA) is 38.4 Å². The molecule has 2 nitrogen and oxygen atoms in total. The molecule has 2 saturated carbocycles. The molecule has 0 aromatic heterocycles. The van der Waals surface area contributed by atoms with Crippen molar-refractivity contribution in [2.24, 2.45) is 22.6 Å². The Bertz CT molecular complexity index is 334. The number of nitrogens with two attached hydrogens (primary N) is 1. The van der Waals surface area contributed by atoms with E-state index in [9.17, 15) is 0 Å². The molecule has 21 heavy (non-hydrogen) atoms. The lowest BCUT2D eigenvalue weighted by Gasteiger charge is -2.32. The summed E-state index contributed by atoms with van der Waals surface area (Å²) in [4.78, 5) is 4.65. The highest BCUT2D eigenvalue weighted by Gasteiger charge is 2.38. The van der Waals surface area contributed by atoms with Gasteiger partial charge in [0.25, 0.3) is 0 Å². The third-order valence-electron chi connectivity index (χ3n) is 5.22. The molecular formula is C18H34N2S. The van der Waals surface area contributed by atoms with Gasteiger partial charge in [-0.25, -0.2) is 0 Å². The van der Waals surface area contributed by atoms with E-state index >= 15 is 0 Å². The quantitative estimate of drug-likeness (QED) is 0.683. The lowest BCUT2D eigenvalue weighted by molar-refractivity contribution is 0.313. The molecule has 0 radical (unpaired) electrons. The van der Waals surface area contributed by atoms with Crippen molar-refractivity contribution >= 4 is 16.8 Å². The minimum atomic E-state index is 0.412. The maximum absolute atomic E-state index is 5.96. The van der Waals surface area contributed by atoms with E-state index in [-0.39, 0.29) is 0 Å². The van der Waals surface area contributed by atoms with Crippen LogP contribution in [0, 0.1) is 11.8 Å². The number of thioether (sulfide) groups is 1. The normalized spacial score (nSPS) is 37.6. The maximum Gasteiger partial charge on any atom is 0.0658 e. The fourth-order valence-corrected chi connectivity index (χ4v) is 5.40. The van der Waals surface area contributed by atoms with Gasteiger partial charge < -0.3 is 5.73 Å². The van der Waals surface area contributed by atoms with Crippen molar-refractivity contribution in [2.75, 3.05) is 0 Å². The molecule has 1 heterocycles. The first-order valence-corrected chi connectivity index (χ1v) is 9.91. The first-order valence-electron chi connectivity index (χ1n) is 9.03. The first kappa shape index (κ1) is 17.3. The number of aliphatic imine (C=N–C) groups is 1. The van der Waals surface area contributed by atoms with E-state index in [4.69, 9.17) is 5.73 Å². The Kier molecular flexibility index (Phi) is 7.07. The van der Waals surface area contributed by atoms with Crippen LogP contribution in [0.25, 0.3) is 0 Å². The molecule has 0 bridgehead atoms. The molecule has 4 unspecified atom stereocenters. The van der Waals surface area contributed by atoms with E-state index in [1.165, 1.54) is 50.0 Å². The summed E-state index contributed by atoms with van der Waals surface area (Å²) in [5.74, 6) is 1.70. The number of nitrogens with zero attached hydrogens (tertiary/aromatic N) is 1. The number of hydrogen-bond donors (Lipinski definition) is 1. The largest absolute Gasteiger partial charge is 0.328 e. The molecular weight excluding hydrogens is 276 g/mol. The van der Waals surface area contributed by atoms with Gasteiger partial charge in [-0.15, -0.1) is 11.8 Å². The van der Waals surface area contributed by atoms with Crippen LogP contribution in [0.1, 0.15) is 78.6 Å². The summed E-state index contributed by atoms with van der Waals surface area (Å²) in [7, 11) is 0. The zero-order valence-electron chi connectivity index (χ0n) is 14.2. The Morgan fingerprint density at radius 1 is 1.00 bits per heavy atom. The molecule has 4 atom stereocenters. The molecule has 3 rings (SSSR count). The van der Waals surface area contributed by atoms with E-state index in [1.807, 2.05) is 11.8 Å². The highest BCUT2D eigenvalue weighted by molar-refractivity contribution is 8.14. The minimum Gasteiger partial charge on any atom is -0.328 e. The number of hydrogen-bond acceptors (Lipinski definition) is 3. The predicted molar refractivity (Wildman–Crippen MR) is 96.1 cm³/mol. The van der Waals surface area contributed by atoms with Crippen molar-refractivity contribution in [1.82, 2.24) is 0 Å². The Labute approximate surface area is 135 Å². The van der Waals surface area contributed by atoms with Gasteiger partial charge in [0, 0.05) is 11.3 Å². The summed E-state index contributed by atoms with van der Waals surface area (Å²) >= 11 is 1.93. The summed E-state index contributed by atoms with van der Waals surface area (Å²) in [6.07, 6.45) is 12.7. The van der Waals surface area contributed by atoms with Gasteiger partial charge in [0.2, 0.25) is 0 Å². The predicted octanol–water partition coefficient (Wildman–Crippen LogP) is 5.01. The van der Waals surface area contributed by atoms with Gasteiger partial charge in [-0.1, -0.05) is 58.8 Å². The van der Waals surface area contributed by atoms with Gasteiger partial charge in [-0.3, -0.25) is 4.99 Å². The Morgan fingerprint density at radius 3 is 2.29 bits per heavy atom. The van der Waals surface area contributed by atoms with E-state index in [2.05, 4.69) is 25.8 Å². The van der Waals surface area contributed by atoms with Gasteiger partial charge in [-0.05, 0) is 31.6 Å². The molecule has 0 saturated heterocycles. The standard InChI is InChI=1S/C9H16N2S.C9H18/c1-5-3-7(10)4-8-9(5)11-6(2)12-8;1-9-7-5-3-2-4-6-8-9/h5,7-9H,3-4,10H2,1-2H3;9H,2-8H2,1H3. The molecule has 3 heteroatoms. The molecule has 3 aliphatic rings. The van der Waals surface area contributed by atoms with Gasteiger partial charge in [0.15, 0.2) is 0 Å². The lowest BCUT2D eigenvalue weighted by atomic mass is 9.83. The zero-order chi connectivity index (χ0) is 15.2. The summed E-state index contributed by atoms with van der Waals surface area (Å²) < 4.78 is 0. The van der Waals surface area contributed by atoms with Gasteiger partial charge in [-0.2, -0.15) is 0 Å². The fourth-order valence-electron chi connectivity index (χ4n) is 3.97. The van der Waals surface area contributed by atoms with Crippen LogP contribution in [-0.4, -0.2) is 22.4 Å². The second kappa shape index (κ2) is 8.57. The molecule has 2 fully saturated rings. The second-order valence-electron chi connectivity index (χ2n) is 7.45. The molecule has 1 aliphatic heterocycles. The average molecular weight is 311 g/mol. The van der Waals surface area contributed by atoms with Crippen LogP contribution < -0.4 is 5.73 Å². The Morgan fingerprint density at radius 2 is 1.62 bits per heavy atom. The molecule has 2 N–H and O–H groups in total. The maximum atomic E-state index is 5.96. The monoisotopic (exact) mass is 310 g/mol. The van der Waals surface area contributed by atoms with Crippen LogP contribution in [0.15, 0.2) is 4.99 Å². The number of rotatable bonds is 0. The van der Waals surface area contributed by atoms with E-state index in [0.717, 1.165) is 18.8 Å². The molecule has 0 spiro atoms. The van der Waals surface area contributed by atoms with Crippen molar-refractivity contribution in [3.8, 4) is 0 Å². The molecule has 0 aromatic rings. The van der Waals surface area contributed by atoms with Crippen molar-refractivity contribution in [3.63, 3.8) is 0 Å². The summed E-state index contributed by atoms with van der Waals surface area (Å²) in [5.41, 5.74) is 5.96. The fraction of sp³-hybridized carbons (Fsp3) is 0.944. The van der Waals surface area contributed by atoms with E-state index in [0.29, 0.717) is 23.3 Å². The van der Waals surface area contributed by atoms with Crippen LogP contribution in [-0.2, 0) is 0 Å². The summed E-state index contributed by atoms with van der Waals surface area (Å²) in [6.45, 7) is 6.78. The van der Waals surface area contributed by atoms with Gasteiger partial charge in [0.1, 0.15) is 0 Å². The van der Waals surface area contributed by atoms with Crippen molar-refractivity contribution in [3.05, 3.63) is 0 Å². The zero-order valence-corrected chi connectivity index (χ0v) is 15.0. The Balaban J connectivity index is 0.000000161. The van der Waals surface area contributed by atoms with E-state index in [1.54, 1.807) is 0 Å². The number of fused-ring (bicyclic) bond motifs is 1. The van der Waals surface area contributed by atoms with Crippen molar-refractivity contribution in [2.45, 2.75) is 95.9 Å². The van der Waals surface area contributed by atoms with Gasteiger partial charge in [0.05, 0.1) is 11.1 Å². The minimum absolute atomic E-state index is 0.412. The molecule has 122 valence electrons. The van der Waals surface area contributed by atoms with Crippen LogP contribution >= 0.6 is 11.8 Å². The van der Waals surface area contributed by atoms with Crippen molar-refractivity contribution < 1.29 is 0 Å². The first-order chi connectivity index (χ1) is 10.1. The van der Waals surface area contributed by atoms with E-state index < -0.39 is 0 Å². The molecule has 0 amide bonds. The van der Waals surface area contributed by atoms with Crippen LogP contribution in [0.5, 0.6) is 0 Å². The third-order valence-corrected chi connectivity index (χ3v) is 6.44. The SMILES string of the molecule is CC1=NC2C(C)CC(N)CC2S1.CC1CCCCCCC1. The van der Waals surface area contributed by atoms with Crippen LogP contribution in [0.3, 0.4) is 0 Å². The highest BCUT2D eigenvalue weighted by Crippen LogP contribution is 2.39. The van der Waals surface area contributed by atoms with Gasteiger partial charge >= 0.3 is 0 Å². The smallest absolute Gasteiger partial charge is 0.0658 e. The summed E-state index contributed by atoms with van der Waals surface area (Å²) in [5, 5.41) is 1.94. The third kappa shape index (κ3) is 5.59. The van der Waals surface area contributed by atoms with Crippen LogP contribution in [0.2, 0.25) is 0 Å². The molecule has 0 aromatic carbocycles. The molecule has 2 aliphatic carbocycles. The Hall–Kier alpha value is -0.0200. The average Bonchev–Trinajstić information content (AvgIpc) is 2.75. The second-order valence-corrected chi connectivity index (χ2v) is 8.89. The van der Waals surface area contributed by atoms with Crippen molar-refractivity contribution in [1.29, 1.82) is 0 Å².